The van der Waals surface area contributed by atoms with Gasteiger partial charge in [-0.2, -0.15) is 0 Å². The van der Waals surface area contributed by atoms with Crippen LogP contribution < -0.4 is 11.2 Å². The number of rotatable bonds is 5. The molecule has 0 aliphatic heterocycles. The third-order valence-electron chi connectivity index (χ3n) is 2.35. The van der Waals surface area contributed by atoms with Gasteiger partial charge in [-0.3, -0.25) is 14.3 Å². The number of nitrogens with one attached hydrogen (secondary N) is 1. The molecule has 0 radical (unpaired) electrons. The number of carboxylic acids is 2. The summed E-state index contributed by atoms with van der Waals surface area (Å²) in [7, 11) is 0. The molecule has 9 heteroatoms. The number of aromatic amines is 1. The van der Waals surface area contributed by atoms with Gasteiger partial charge in [-0.1, -0.05) is 13.3 Å². The molecule has 1 aromatic heterocycles. The molecule has 0 aliphatic carbocycles. The van der Waals surface area contributed by atoms with Crippen molar-refractivity contribution < 1.29 is 19.8 Å². The maximum absolute atomic E-state index is 11.5. The van der Waals surface area contributed by atoms with Gasteiger partial charge in [-0.05, 0) is 6.42 Å². The summed E-state index contributed by atoms with van der Waals surface area (Å²) in [5, 5.41) is 17.8. The van der Waals surface area contributed by atoms with E-state index in [1.807, 2.05) is 6.92 Å². The molecular weight excluding hydrogens is 267 g/mol. The van der Waals surface area contributed by atoms with Gasteiger partial charge in [-0.15, -0.1) is 0 Å². The molecule has 1 rings (SSSR count). The van der Waals surface area contributed by atoms with Crippen LogP contribution in [0, 0.1) is 0 Å². The zero-order valence-electron chi connectivity index (χ0n) is 9.60. The van der Waals surface area contributed by atoms with E-state index < -0.39 is 34.4 Å². The molecule has 1 heterocycles. The van der Waals surface area contributed by atoms with Gasteiger partial charge in [0, 0.05) is 6.54 Å². The minimum atomic E-state index is -1.68. The number of nitrogens with zero attached hydrogens (tertiary/aromatic N) is 1. The summed E-state index contributed by atoms with van der Waals surface area (Å²) >= 11 is 0. The van der Waals surface area contributed by atoms with Gasteiger partial charge in [0.2, 0.25) is 0 Å². The Bertz CT molecular complexity index is 603. The predicted molar refractivity (Wildman–Crippen MR) is 67.3 cm³/mol. The maximum atomic E-state index is 11.5. The zero-order chi connectivity index (χ0) is 13.9. The molecule has 0 aliphatic rings. The first-order chi connectivity index (χ1) is 8.40. The predicted octanol–water partition coefficient (Wildman–Crippen LogP) is -0.915. The van der Waals surface area contributed by atoms with E-state index in [4.69, 9.17) is 10.2 Å². The van der Waals surface area contributed by atoms with Gasteiger partial charge in [0.15, 0.2) is 11.3 Å². The standard InChI is InChI=1S/C10H12N2O6.Na.H/c1-2-3-4-12-6(9(16)17)5(8(14)15)7(13)11-10(12)18;;/h2-4H2,1H3,(H,14,15)(H,16,17)(H,11,13,18);;. The number of unbranched alkanes of at least 4 members (excludes halogenated alkanes) is 1. The molecule has 0 atom stereocenters. The molecule has 0 amide bonds. The van der Waals surface area contributed by atoms with E-state index in [0.717, 1.165) is 4.57 Å². The average molecular weight is 280 g/mol. The molecule has 0 saturated heterocycles. The van der Waals surface area contributed by atoms with Crippen molar-refractivity contribution >= 4 is 41.5 Å². The van der Waals surface area contributed by atoms with E-state index in [0.29, 0.717) is 12.8 Å². The van der Waals surface area contributed by atoms with Crippen molar-refractivity contribution in [2.24, 2.45) is 0 Å². The molecule has 100 valence electrons. The number of H-pyrrole nitrogens is 1. The third kappa shape index (κ3) is 3.79. The number of hydrogen-bond acceptors (Lipinski definition) is 4. The first-order valence-corrected chi connectivity index (χ1v) is 5.23. The van der Waals surface area contributed by atoms with Gasteiger partial charge in [-0.25, -0.2) is 14.4 Å². The molecule has 0 unspecified atom stereocenters. The molecule has 0 saturated carbocycles. The third-order valence-corrected chi connectivity index (χ3v) is 2.35. The van der Waals surface area contributed by atoms with Crippen molar-refractivity contribution in [2.75, 3.05) is 0 Å². The van der Waals surface area contributed by atoms with Crippen LogP contribution in [-0.4, -0.2) is 61.3 Å². The van der Waals surface area contributed by atoms with Crippen LogP contribution in [0.2, 0.25) is 0 Å². The summed E-state index contributed by atoms with van der Waals surface area (Å²) in [4.78, 5) is 46.5. The molecular formula is C10H13N2NaO6. The van der Waals surface area contributed by atoms with E-state index >= 15 is 0 Å². The molecule has 0 aromatic carbocycles. The second-order valence-corrected chi connectivity index (χ2v) is 3.60. The van der Waals surface area contributed by atoms with Crippen LogP contribution >= 0.6 is 0 Å². The summed E-state index contributed by atoms with van der Waals surface area (Å²) in [5.41, 5.74) is -3.85. The fourth-order valence-electron chi connectivity index (χ4n) is 1.52. The Morgan fingerprint density at radius 1 is 1.21 bits per heavy atom. The normalized spacial score (nSPS) is 9.74. The van der Waals surface area contributed by atoms with Crippen LogP contribution in [-0.2, 0) is 6.54 Å². The molecule has 8 nitrogen and oxygen atoms in total. The SMILES string of the molecule is CCCCn1c(C(=O)O)c(C(=O)O)c(=O)[nH]c1=O.[NaH]. The van der Waals surface area contributed by atoms with Gasteiger partial charge >= 0.3 is 47.2 Å². The summed E-state index contributed by atoms with van der Waals surface area (Å²) in [5.74, 6) is -3.30. The Morgan fingerprint density at radius 2 is 1.79 bits per heavy atom. The van der Waals surface area contributed by atoms with Crippen molar-refractivity contribution in [3.05, 3.63) is 32.1 Å². The van der Waals surface area contributed by atoms with Gasteiger partial charge in [0.25, 0.3) is 5.56 Å². The topological polar surface area (TPSA) is 129 Å². The fraction of sp³-hybridized carbons (Fsp3) is 0.400. The average Bonchev–Trinajstić information content (AvgIpc) is 2.26. The van der Waals surface area contributed by atoms with Crippen LogP contribution in [0.1, 0.15) is 40.6 Å². The Balaban J connectivity index is 0.00000324. The number of hydrogen-bond donors (Lipinski definition) is 3. The Hall–Kier alpha value is -1.38. The van der Waals surface area contributed by atoms with E-state index in [9.17, 15) is 19.2 Å². The first-order valence-electron chi connectivity index (χ1n) is 5.23. The first kappa shape index (κ1) is 17.6. The monoisotopic (exact) mass is 280 g/mol. The van der Waals surface area contributed by atoms with Crippen molar-refractivity contribution in [1.29, 1.82) is 0 Å². The molecule has 0 fully saturated rings. The summed E-state index contributed by atoms with van der Waals surface area (Å²) in [6, 6.07) is 0. The minimum absolute atomic E-state index is 0. The van der Waals surface area contributed by atoms with E-state index in [1.165, 1.54) is 0 Å². The number of aromatic nitrogens is 2. The second kappa shape index (κ2) is 7.27. The fourth-order valence-corrected chi connectivity index (χ4v) is 1.52. The summed E-state index contributed by atoms with van der Waals surface area (Å²) < 4.78 is 0.761. The van der Waals surface area contributed by atoms with Gasteiger partial charge in [0.1, 0.15) is 0 Å². The van der Waals surface area contributed by atoms with Crippen molar-refractivity contribution in [3.63, 3.8) is 0 Å². The molecule has 1 aromatic rings. The summed E-state index contributed by atoms with van der Waals surface area (Å²) in [6.07, 6.45) is 1.18. The van der Waals surface area contributed by atoms with Gasteiger partial charge < -0.3 is 10.2 Å². The molecule has 19 heavy (non-hydrogen) atoms. The van der Waals surface area contributed by atoms with Crippen LogP contribution in [0.25, 0.3) is 0 Å². The number of aromatic carboxylic acids is 2. The number of carboxylic acid groups (broad SMARTS) is 2. The van der Waals surface area contributed by atoms with Crippen LogP contribution in [0.5, 0.6) is 0 Å². The molecule has 0 bridgehead atoms. The quantitative estimate of drug-likeness (QED) is 0.598. The van der Waals surface area contributed by atoms with Crippen LogP contribution in [0.4, 0.5) is 0 Å². The second-order valence-electron chi connectivity index (χ2n) is 3.60. The van der Waals surface area contributed by atoms with E-state index in [1.54, 1.807) is 4.98 Å². The summed E-state index contributed by atoms with van der Waals surface area (Å²) in [6.45, 7) is 1.86. The van der Waals surface area contributed by atoms with Crippen LogP contribution in [0.3, 0.4) is 0 Å². The molecule has 0 spiro atoms. The van der Waals surface area contributed by atoms with Crippen molar-refractivity contribution in [3.8, 4) is 0 Å². The Morgan fingerprint density at radius 3 is 2.21 bits per heavy atom. The van der Waals surface area contributed by atoms with Crippen molar-refractivity contribution in [1.82, 2.24) is 9.55 Å². The van der Waals surface area contributed by atoms with Gasteiger partial charge in [0.05, 0.1) is 0 Å². The van der Waals surface area contributed by atoms with E-state index in [-0.39, 0.29) is 36.1 Å². The number of carbonyl (C=O) groups is 2. The molecule has 3 N–H and O–H groups in total. The Kier molecular flexibility index (Phi) is 6.74. The van der Waals surface area contributed by atoms with Crippen molar-refractivity contribution in [2.45, 2.75) is 26.3 Å². The zero-order valence-corrected chi connectivity index (χ0v) is 9.60. The Labute approximate surface area is 129 Å². The van der Waals surface area contributed by atoms with Crippen LogP contribution in [0.15, 0.2) is 9.59 Å². The van der Waals surface area contributed by atoms with E-state index in [2.05, 4.69) is 0 Å².